The molecule has 0 saturated carbocycles. The standard InChI is InChI=1S/C25H22N4O5S2/c1-16-7-11-19(12-8-16)29-24(32)21-5-3-4-6-22(21)27-25(29)35-15-23(31)26-18-9-13-20(14-10-18)36(33,34)28-17(2)30/h3-14H,15H2,1-2H3,(H,26,31)(H,28,30). The molecule has 0 unspecified atom stereocenters. The van der Waals surface area contributed by atoms with Gasteiger partial charge in [-0.3, -0.25) is 19.0 Å². The Kier molecular flexibility index (Phi) is 7.22. The Morgan fingerprint density at radius 2 is 1.64 bits per heavy atom. The van der Waals surface area contributed by atoms with E-state index in [-0.39, 0.29) is 22.1 Å². The van der Waals surface area contributed by atoms with Crippen LogP contribution in [0.1, 0.15) is 12.5 Å². The maximum absolute atomic E-state index is 13.3. The van der Waals surface area contributed by atoms with Gasteiger partial charge in [-0.15, -0.1) is 0 Å². The van der Waals surface area contributed by atoms with Gasteiger partial charge in [-0.05, 0) is 55.5 Å². The van der Waals surface area contributed by atoms with E-state index in [1.807, 2.05) is 35.9 Å². The second-order valence-corrected chi connectivity index (χ2v) is 10.5. The van der Waals surface area contributed by atoms with Crippen LogP contribution in [0.15, 0.2) is 87.6 Å². The highest BCUT2D eigenvalue weighted by molar-refractivity contribution is 7.99. The van der Waals surface area contributed by atoms with Crippen molar-refractivity contribution >= 4 is 50.2 Å². The molecule has 0 fully saturated rings. The van der Waals surface area contributed by atoms with Crippen LogP contribution in [0.4, 0.5) is 5.69 Å². The molecular weight excluding hydrogens is 500 g/mol. The number of hydrogen-bond donors (Lipinski definition) is 2. The van der Waals surface area contributed by atoms with Crippen molar-refractivity contribution in [1.82, 2.24) is 14.3 Å². The number of aromatic nitrogens is 2. The maximum atomic E-state index is 13.3. The summed E-state index contributed by atoms with van der Waals surface area (Å²) in [7, 11) is -3.96. The summed E-state index contributed by atoms with van der Waals surface area (Å²) in [4.78, 5) is 41.5. The fourth-order valence-corrected chi connectivity index (χ4v) is 5.23. The van der Waals surface area contributed by atoms with Crippen LogP contribution in [-0.2, 0) is 19.6 Å². The van der Waals surface area contributed by atoms with Crippen LogP contribution >= 0.6 is 11.8 Å². The number of carbonyl (C=O) groups excluding carboxylic acids is 2. The van der Waals surface area contributed by atoms with Crippen LogP contribution in [0.3, 0.4) is 0 Å². The first-order valence-electron chi connectivity index (χ1n) is 10.8. The molecule has 0 aliphatic heterocycles. The summed E-state index contributed by atoms with van der Waals surface area (Å²) in [5.74, 6) is -1.10. The van der Waals surface area contributed by atoms with Gasteiger partial charge in [-0.2, -0.15) is 0 Å². The van der Waals surface area contributed by atoms with E-state index >= 15 is 0 Å². The van der Waals surface area contributed by atoms with Crippen molar-refractivity contribution in [2.75, 3.05) is 11.1 Å². The molecular formula is C25H22N4O5S2. The Hall–Kier alpha value is -3.96. The highest BCUT2D eigenvalue weighted by atomic mass is 32.2. The molecule has 4 aromatic rings. The molecule has 2 N–H and O–H groups in total. The van der Waals surface area contributed by atoms with Gasteiger partial charge in [0.15, 0.2) is 5.16 Å². The number of benzene rings is 3. The predicted molar refractivity (Wildman–Crippen MR) is 139 cm³/mol. The molecule has 0 aliphatic rings. The smallest absolute Gasteiger partial charge is 0.266 e. The SMILES string of the molecule is CC(=O)NS(=O)(=O)c1ccc(NC(=O)CSc2nc3ccccc3c(=O)n2-c2ccc(C)cc2)cc1. The molecule has 0 aliphatic carbocycles. The number of nitrogens with one attached hydrogen (secondary N) is 2. The van der Waals surface area contributed by atoms with Crippen molar-refractivity contribution in [3.05, 3.63) is 88.7 Å². The number of thioether (sulfide) groups is 1. The largest absolute Gasteiger partial charge is 0.325 e. The number of hydrogen-bond acceptors (Lipinski definition) is 7. The van der Waals surface area contributed by atoms with Gasteiger partial charge in [0, 0.05) is 12.6 Å². The van der Waals surface area contributed by atoms with E-state index in [1.54, 1.807) is 24.3 Å². The van der Waals surface area contributed by atoms with Crippen LogP contribution in [0.2, 0.25) is 0 Å². The van der Waals surface area contributed by atoms with Crippen LogP contribution in [0, 0.1) is 6.92 Å². The Morgan fingerprint density at radius 1 is 0.972 bits per heavy atom. The minimum atomic E-state index is -3.96. The molecule has 1 heterocycles. The zero-order chi connectivity index (χ0) is 25.9. The van der Waals surface area contributed by atoms with Gasteiger partial charge in [0.1, 0.15) is 0 Å². The Labute approximate surface area is 211 Å². The van der Waals surface area contributed by atoms with Gasteiger partial charge in [0.2, 0.25) is 11.8 Å². The van der Waals surface area contributed by atoms with Gasteiger partial charge in [0.25, 0.3) is 15.6 Å². The molecule has 3 aromatic carbocycles. The summed E-state index contributed by atoms with van der Waals surface area (Å²) in [6, 6.07) is 19.9. The van der Waals surface area contributed by atoms with Gasteiger partial charge >= 0.3 is 0 Å². The number of fused-ring (bicyclic) bond motifs is 1. The number of aryl methyl sites for hydroxylation is 1. The molecule has 9 nitrogen and oxygen atoms in total. The lowest BCUT2D eigenvalue weighted by molar-refractivity contribution is -0.117. The lowest BCUT2D eigenvalue weighted by atomic mass is 10.2. The number of anilines is 1. The Bertz CT molecular complexity index is 1610. The highest BCUT2D eigenvalue weighted by Crippen LogP contribution is 2.22. The quantitative estimate of drug-likeness (QED) is 0.282. The van der Waals surface area contributed by atoms with E-state index in [9.17, 15) is 22.8 Å². The van der Waals surface area contributed by atoms with Gasteiger partial charge < -0.3 is 5.32 Å². The first-order valence-corrected chi connectivity index (χ1v) is 13.3. The minimum Gasteiger partial charge on any atom is -0.325 e. The van der Waals surface area contributed by atoms with E-state index in [2.05, 4.69) is 10.3 Å². The van der Waals surface area contributed by atoms with Crippen molar-refractivity contribution in [3.8, 4) is 5.69 Å². The van der Waals surface area contributed by atoms with Crippen molar-refractivity contribution in [3.63, 3.8) is 0 Å². The van der Waals surface area contributed by atoms with Gasteiger partial charge in [0.05, 0.1) is 27.2 Å². The Morgan fingerprint density at radius 3 is 2.31 bits per heavy atom. The van der Waals surface area contributed by atoms with E-state index in [0.717, 1.165) is 24.2 Å². The number of nitrogens with zero attached hydrogens (tertiary/aromatic N) is 2. The first kappa shape index (κ1) is 25.1. The summed E-state index contributed by atoms with van der Waals surface area (Å²) in [5.41, 5.74) is 2.37. The monoisotopic (exact) mass is 522 g/mol. The molecule has 4 rings (SSSR count). The van der Waals surface area contributed by atoms with Crippen molar-refractivity contribution in [1.29, 1.82) is 0 Å². The van der Waals surface area contributed by atoms with Gasteiger partial charge in [-0.1, -0.05) is 41.6 Å². The predicted octanol–water partition coefficient (Wildman–Crippen LogP) is 3.25. The molecule has 0 spiro atoms. The number of carbonyl (C=O) groups is 2. The number of para-hydroxylation sites is 1. The van der Waals surface area contributed by atoms with Crippen LogP contribution in [-0.4, -0.2) is 35.5 Å². The van der Waals surface area contributed by atoms with Crippen LogP contribution in [0.5, 0.6) is 0 Å². The molecule has 0 saturated heterocycles. The lowest BCUT2D eigenvalue weighted by Gasteiger charge is -2.13. The van der Waals surface area contributed by atoms with E-state index in [4.69, 9.17) is 0 Å². The average Bonchev–Trinajstić information content (AvgIpc) is 2.83. The Balaban J connectivity index is 1.55. The lowest BCUT2D eigenvalue weighted by Crippen LogP contribution is -2.28. The van der Waals surface area contributed by atoms with Crippen molar-refractivity contribution in [2.24, 2.45) is 0 Å². The second-order valence-electron chi connectivity index (χ2n) is 7.91. The van der Waals surface area contributed by atoms with E-state index < -0.39 is 15.9 Å². The zero-order valence-electron chi connectivity index (χ0n) is 19.4. The van der Waals surface area contributed by atoms with Crippen molar-refractivity contribution < 1.29 is 18.0 Å². The van der Waals surface area contributed by atoms with E-state index in [0.29, 0.717) is 27.4 Å². The molecule has 2 amide bonds. The van der Waals surface area contributed by atoms with E-state index in [1.165, 1.54) is 28.8 Å². The second kappa shape index (κ2) is 10.3. The fourth-order valence-electron chi connectivity index (χ4n) is 3.42. The summed E-state index contributed by atoms with van der Waals surface area (Å²) < 4.78 is 27.5. The highest BCUT2D eigenvalue weighted by Gasteiger charge is 2.17. The number of rotatable bonds is 7. The third-order valence-electron chi connectivity index (χ3n) is 5.10. The number of sulfonamides is 1. The van der Waals surface area contributed by atoms with Crippen molar-refractivity contribution in [2.45, 2.75) is 23.9 Å². The van der Waals surface area contributed by atoms with Gasteiger partial charge in [-0.25, -0.2) is 18.1 Å². The van der Waals surface area contributed by atoms with Crippen LogP contribution < -0.4 is 15.6 Å². The summed E-state index contributed by atoms with van der Waals surface area (Å²) in [5, 5.41) is 3.54. The summed E-state index contributed by atoms with van der Waals surface area (Å²) in [6.07, 6.45) is 0. The zero-order valence-corrected chi connectivity index (χ0v) is 21.0. The molecule has 1 aromatic heterocycles. The third-order valence-corrected chi connectivity index (χ3v) is 7.48. The van der Waals surface area contributed by atoms with Crippen LogP contribution in [0.25, 0.3) is 16.6 Å². The number of amides is 2. The molecule has 184 valence electrons. The summed E-state index contributed by atoms with van der Waals surface area (Å²) in [6.45, 7) is 3.06. The molecule has 0 radical (unpaired) electrons. The average molecular weight is 523 g/mol. The maximum Gasteiger partial charge on any atom is 0.266 e. The molecule has 0 bridgehead atoms. The minimum absolute atomic E-state index is 0.0391. The molecule has 0 atom stereocenters. The normalized spacial score (nSPS) is 11.3. The molecule has 11 heteroatoms. The summed E-state index contributed by atoms with van der Waals surface area (Å²) >= 11 is 1.11. The first-order chi connectivity index (χ1) is 17.1. The third kappa shape index (κ3) is 5.64. The molecule has 36 heavy (non-hydrogen) atoms. The topological polar surface area (TPSA) is 127 Å². The fraction of sp³-hybridized carbons (Fsp3) is 0.120.